The summed E-state index contributed by atoms with van der Waals surface area (Å²) >= 11 is 0. The van der Waals surface area contributed by atoms with Crippen LogP contribution in [0.1, 0.15) is 47.2 Å². The van der Waals surface area contributed by atoms with E-state index in [1.807, 2.05) is 0 Å². The first-order valence-corrected chi connectivity index (χ1v) is 19.9. The number of rotatable bonds is 2. The SMILES string of the molecule is CC1(C)c2ccccc2-c2c1ccc1c2-c2ccc(-c3ccc4ccc5c(-c6ccccc6)ccc6ccc3c4c65)cc2C12c1ccccc1-c1ccccc12. The Morgan fingerprint density at radius 3 is 1.45 bits per heavy atom. The summed E-state index contributed by atoms with van der Waals surface area (Å²) in [6.07, 6.45) is 0. The Bertz CT molecular complexity index is 3280. The van der Waals surface area contributed by atoms with Crippen LogP contribution in [0.5, 0.6) is 0 Å². The van der Waals surface area contributed by atoms with E-state index in [9.17, 15) is 0 Å². The Morgan fingerprint density at radius 2 is 0.786 bits per heavy atom. The highest BCUT2D eigenvalue weighted by molar-refractivity contribution is 6.27. The monoisotopic (exact) mass is 708 g/mol. The van der Waals surface area contributed by atoms with Gasteiger partial charge in [-0.2, -0.15) is 0 Å². The lowest BCUT2D eigenvalue weighted by atomic mass is 9.69. The van der Waals surface area contributed by atoms with Gasteiger partial charge in [-0.25, -0.2) is 0 Å². The van der Waals surface area contributed by atoms with Crippen LogP contribution in [0.25, 0.3) is 88.0 Å². The summed E-state index contributed by atoms with van der Waals surface area (Å²) in [5.74, 6) is 0. The van der Waals surface area contributed by atoms with Gasteiger partial charge in [0.1, 0.15) is 0 Å². The van der Waals surface area contributed by atoms with Crippen LogP contribution in [-0.2, 0) is 10.8 Å². The molecule has 0 nitrogen and oxygen atoms in total. The summed E-state index contributed by atoms with van der Waals surface area (Å²) in [7, 11) is 0. The van der Waals surface area contributed by atoms with Crippen LogP contribution in [0.3, 0.4) is 0 Å². The van der Waals surface area contributed by atoms with Crippen molar-refractivity contribution in [3.05, 3.63) is 215 Å². The van der Waals surface area contributed by atoms with Crippen molar-refractivity contribution >= 4 is 32.3 Å². The van der Waals surface area contributed by atoms with Crippen LogP contribution in [0.2, 0.25) is 0 Å². The van der Waals surface area contributed by atoms with Gasteiger partial charge in [-0.1, -0.05) is 190 Å². The lowest BCUT2D eigenvalue weighted by Gasteiger charge is -2.31. The molecular formula is C56H36. The largest absolute Gasteiger partial charge is 0.0725 e. The van der Waals surface area contributed by atoms with E-state index in [0.29, 0.717) is 0 Å². The van der Waals surface area contributed by atoms with Crippen molar-refractivity contribution in [2.24, 2.45) is 0 Å². The maximum atomic E-state index is 2.56. The zero-order valence-electron chi connectivity index (χ0n) is 31.3. The predicted octanol–water partition coefficient (Wildman–Crippen LogP) is 14.6. The van der Waals surface area contributed by atoms with Crippen molar-refractivity contribution in [2.45, 2.75) is 24.7 Å². The standard InChI is InChI=1S/C56H36/c1-55(2)45-17-9-8-16-43(45)53-48(55)30-31-49-54(53)44-29-24-36(32-50(44)56(49)46-18-10-6-14-39(46)40-15-7-11-19-47(40)56)38-26-21-35-22-27-41-37(33-12-4-3-5-13-33)25-20-34-23-28-42(38)52(35)51(34)41/h3-32H,1-2H3. The molecule has 1 spiro atoms. The highest BCUT2D eigenvalue weighted by Gasteiger charge is 2.53. The first kappa shape index (κ1) is 30.6. The molecule has 10 aromatic carbocycles. The highest BCUT2D eigenvalue weighted by atomic mass is 14.5. The van der Waals surface area contributed by atoms with Crippen molar-refractivity contribution < 1.29 is 0 Å². The number of benzene rings is 10. The van der Waals surface area contributed by atoms with Gasteiger partial charge in [0.05, 0.1) is 5.41 Å². The van der Waals surface area contributed by atoms with E-state index in [2.05, 4.69) is 196 Å². The van der Waals surface area contributed by atoms with E-state index in [-0.39, 0.29) is 5.41 Å². The van der Waals surface area contributed by atoms with Crippen LogP contribution in [-0.4, -0.2) is 0 Å². The maximum absolute atomic E-state index is 2.56. The highest BCUT2D eigenvalue weighted by Crippen LogP contribution is 2.66. The minimum Gasteiger partial charge on any atom is -0.0622 e. The Labute approximate surface area is 326 Å². The molecule has 0 saturated heterocycles. The Balaban J connectivity index is 1.12. The fourth-order valence-corrected chi connectivity index (χ4v) is 11.5. The molecule has 56 heavy (non-hydrogen) atoms. The minimum atomic E-state index is -0.432. The number of fused-ring (bicyclic) bond motifs is 14. The first-order valence-electron chi connectivity index (χ1n) is 19.9. The molecule has 3 aliphatic rings. The van der Waals surface area contributed by atoms with Crippen molar-refractivity contribution in [3.8, 4) is 55.6 Å². The molecule has 13 rings (SSSR count). The van der Waals surface area contributed by atoms with E-state index >= 15 is 0 Å². The van der Waals surface area contributed by atoms with Crippen LogP contribution in [0.4, 0.5) is 0 Å². The third kappa shape index (κ3) is 3.57. The van der Waals surface area contributed by atoms with Crippen LogP contribution in [0.15, 0.2) is 182 Å². The first-order chi connectivity index (χ1) is 27.5. The summed E-state index contributed by atoms with van der Waals surface area (Å²) < 4.78 is 0. The van der Waals surface area contributed by atoms with Crippen molar-refractivity contribution in [1.82, 2.24) is 0 Å². The molecule has 0 fully saturated rings. The molecule has 0 aliphatic heterocycles. The lowest BCUT2D eigenvalue weighted by Crippen LogP contribution is -2.26. The van der Waals surface area contributed by atoms with Crippen molar-refractivity contribution in [2.75, 3.05) is 0 Å². The van der Waals surface area contributed by atoms with Gasteiger partial charge in [0, 0.05) is 5.41 Å². The second-order valence-electron chi connectivity index (χ2n) is 16.7. The summed E-state index contributed by atoms with van der Waals surface area (Å²) in [6, 6.07) is 69.3. The van der Waals surface area contributed by atoms with Gasteiger partial charge >= 0.3 is 0 Å². The summed E-state index contributed by atoms with van der Waals surface area (Å²) in [5.41, 5.74) is 21.2. The Morgan fingerprint density at radius 1 is 0.304 bits per heavy atom. The maximum Gasteiger partial charge on any atom is 0.0725 e. The molecule has 0 aromatic heterocycles. The van der Waals surface area contributed by atoms with Crippen LogP contribution < -0.4 is 0 Å². The van der Waals surface area contributed by atoms with Crippen LogP contribution in [0, 0.1) is 0 Å². The fourth-order valence-electron chi connectivity index (χ4n) is 11.5. The predicted molar refractivity (Wildman–Crippen MR) is 235 cm³/mol. The third-order valence-corrected chi connectivity index (χ3v) is 13.9. The average molecular weight is 709 g/mol. The molecule has 0 amide bonds. The van der Waals surface area contributed by atoms with Gasteiger partial charge in [0.2, 0.25) is 0 Å². The van der Waals surface area contributed by atoms with E-state index in [4.69, 9.17) is 0 Å². The van der Waals surface area contributed by atoms with E-state index in [1.165, 1.54) is 121 Å². The van der Waals surface area contributed by atoms with E-state index in [1.54, 1.807) is 0 Å². The van der Waals surface area contributed by atoms with Gasteiger partial charge in [-0.05, 0) is 127 Å². The van der Waals surface area contributed by atoms with Crippen molar-refractivity contribution in [3.63, 3.8) is 0 Å². The number of hydrogen-bond acceptors (Lipinski definition) is 0. The average Bonchev–Trinajstić information content (AvgIpc) is 3.81. The molecule has 0 atom stereocenters. The minimum absolute atomic E-state index is 0.0790. The zero-order chi connectivity index (χ0) is 36.9. The third-order valence-electron chi connectivity index (χ3n) is 13.9. The molecule has 0 N–H and O–H groups in total. The summed E-state index contributed by atoms with van der Waals surface area (Å²) in [5, 5.41) is 7.88. The molecule has 3 aliphatic carbocycles. The smallest absolute Gasteiger partial charge is 0.0622 e. The van der Waals surface area contributed by atoms with Crippen LogP contribution >= 0.6 is 0 Å². The topological polar surface area (TPSA) is 0 Å². The zero-order valence-corrected chi connectivity index (χ0v) is 31.3. The molecule has 10 aromatic rings. The molecule has 260 valence electrons. The molecule has 0 unspecified atom stereocenters. The molecule has 0 bridgehead atoms. The quantitative estimate of drug-likeness (QED) is 0.157. The second kappa shape index (κ2) is 10.5. The van der Waals surface area contributed by atoms with Gasteiger partial charge in [-0.3, -0.25) is 0 Å². The molecule has 0 heteroatoms. The van der Waals surface area contributed by atoms with Gasteiger partial charge in [0.25, 0.3) is 0 Å². The molecule has 0 saturated carbocycles. The fraction of sp³-hybridized carbons (Fsp3) is 0.0714. The van der Waals surface area contributed by atoms with E-state index in [0.717, 1.165) is 0 Å². The lowest BCUT2D eigenvalue weighted by molar-refractivity contribution is 0.660. The summed E-state index contributed by atoms with van der Waals surface area (Å²) in [4.78, 5) is 0. The Hall–Kier alpha value is -6.76. The second-order valence-corrected chi connectivity index (χ2v) is 16.7. The molecule has 0 heterocycles. The molecule has 0 radical (unpaired) electrons. The van der Waals surface area contributed by atoms with E-state index < -0.39 is 5.41 Å². The molecular weight excluding hydrogens is 673 g/mol. The number of hydrogen-bond donors (Lipinski definition) is 0. The van der Waals surface area contributed by atoms with Gasteiger partial charge < -0.3 is 0 Å². The Kier molecular flexibility index (Phi) is 5.73. The van der Waals surface area contributed by atoms with Gasteiger partial charge in [0.15, 0.2) is 0 Å². The van der Waals surface area contributed by atoms with Gasteiger partial charge in [-0.15, -0.1) is 0 Å². The summed E-state index contributed by atoms with van der Waals surface area (Å²) in [6.45, 7) is 4.80. The van der Waals surface area contributed by atoms with Crippen molar-refractivity contribution in [1.29, 1.82) is 0 Å². The normalized spacial score (nSPS) is 14.9.